The number of nitrogens with zero attached hydrogens (tertiary/aromatic N) is 5. The lowest BCUT2D eigenvalue weighted by molar-refractivity contribution is 0.0584. The summed E-state index contributed by atoms with van der Waals surface area (Å²) in [4.78, 5) is 15.1. The molecule has 1 atom stereocenters. The molecule has 6 heteroatoms. The van der Waals surface area contributed by atoms with Gasteiger partial charge in [-0.2, -0.15) is 10.2 Å². The minimum atomic E-state index is 0.102. The van der Waals surface area contributed by atoms with Crippen molar-refractivity contribution in [2.24, 2.45) is 0 Å². The Morgan fingerprint density at radius 1 is 1.12 bits per heavy atom. The van der Waals surface area contributed by atoms with Crippen LogP contribution >= 0.6 is 0 Å². The third-order valence-corrected chi connectivity index (χ3v) is 5.04. The number of amides is 1. The third-order valence-electron chi connectivity index (χ3n) is 5.04. The van der Waals surface area contributed by atoms with Crippen molar-refractivity contribution in [3.8, 4) is 5.69 Å². The lowest BCUT2D eigenvalue weighted by Gasteiger charge is -2.35. The van der Waals surface area contributed by atoms with E-state index >= 15 is 0 Å². The van der Waals surface area contributed by atoms with Crippen LogP contribution in [-0.4, -0.2) is 43.0 Å². The van der Waals surface area contributed by atoms with Crippen LogP contribution in [0.5, 0.6) is 0 Å². The smallest absolute Gasteiger partial charge is 0.254 e. The van der Waals surface area contributed by atoms with E-state index in [0.29, 0.717) is 0 Å². The second-order valence-electron chi connectivity index (χ2n) is 6.81. The Morgan fingerprint density at radius 3 is 2.65 bits per heavy atom. The van der Waals surface area contributed by atoms with E-state index in [1.165, 1.54) is 0 Å². The molecule has 0 spiro atoms. The highest BCUT2D eigenvalue weighted by atomic mass is 16.2. The summed E-state index contributed by atoms with van der Waals surface area (Å²) in [5, 5.41) is 8.61. The average molecular weight is 349 g/mol. The SMILES string of the molecule is Cc1ccnn1-c1ccc(C(=O)N2CCCC[C@@H]2Cn2cccn2)cc1. The van der Waals surface area contributed by atoms with Crippen LogP contribution in [0.15, 0.2) is 55.0 Å². The molecule has 0 N–H and O–H groups in total. The van der Waals surface area contributed by atoms with Crippen molar-refractivity contribution < 1.29 is 4.79 Å². The van der Waals surface area contributed by atoms with E-state index in [9.17, 15) is 4.79 Å². The average Bonchev–Trinajstić information content (AvgIpc) is 3.33. The molecule has 1 saturated heterocycles. The highest BCUT2D eigenvalue weighted by Gasteiger charge is 2.27. The number of benzene rings is 1. The van der Waals surface area contributed by atoms with Crippen molar-refractivity contribution in [1.82, 2.24) is 24.5 Å². The Kier molecular flexibility index (Phi) is 4.56. The molecule has 134 valence electrons. The lowest BCUT2D eigenvalue weighted by Crippen LogP contribution is -2.45. The Hall–Kier alpha value is -2.89. The number of aryl methyl sites for hydroxylation is 1. The molecule has 0 unspecified atom stereocenters. The number of hydrogen-bond donors (Lipinski definition) is 0. The number of aromatic nitrogens is 4. The molecule has 2 aromatic heterocycles. The van der Waals surface area contributed by atoms with Crippen LogP contribution in [-0.2, 0) is 6.54 Å². The molecule has 0 aliphatic carbocycles. The van der Waals surface area contributed by atoms with E-state index < -0.39 is 0 Å². The first-order valence-electron chi connectivity index (χ1n) is 9.12. The Morgan fingerprint density at radius 2 is 1.96 bits per heavy atom. The maximum atomic E-state index is 13.1. The van der Waals surface area contributed by atoms with E-state index in [-0.39, 0.29) is 11.9 Å². The maximum Gasteiger partial charge on any atom is 0.254 e. The van der Waals surface area contributed by atoms with Gasteiger partial charge in [-0.25, -0.2) is 4.68 Å². The van der Waals surface area contributed by atoms with Crippen molar-refractivity contribution in [2.75, 3.05) is 6.54 Å². The van der Waals surface area contributed by atoms with Crippen molar-refractivity contribution in [1.29, 1.82) is 0 Å². The summed E-state index contributed by atoms with van der Waals surface area (Å²) in [6.07, 6.45) is 8.76. The Labute approximate surface area is 153 Å². The van der Waals surface area contributed by atoms with Crippen molar-refractivity contribution in [3.63, 3.8) is 0 Å². The van der Waals surface area contributed by atoms with Crippen LogP contribution in [0.4, 0.5) is 0 Å². The molecule has 0 bridgehead atoms. The molecule has 6 nitrogen and oxygen atoms in total. The Bertz CT molecular complexity index is 866. The fourth-order valence-corrected chi connectivity index (χ4v) is 3.63. The zero-order valence-corrected chi connectivity index (χ0v) is 15.0. The standard InChI is InChI=1S/C20H23N5O/c1-16-10-12-22-25(16)18-8-6-17(7-9-18)20(26)24-14-3-2-5-19(24)15-23-13-4-11-21-23/h4,6-13,19H,2-3,5,14-15H2,1H3/t19-/m1/s1. The molecule has 26 heavy (non-hydrogen) atoms. The highest BCUT2D eigenvalue weighted by Crippen LogP contribution is 2.22. The fourth-order valence-electron chi connectivity index (χ4n) is 3.63. The molecule has 3 heterocycles. The number of piperidine rings is 1. The third kappa shape index (κ3) is 3.27. The first-order valence-corrected chi connectivity index (χ1v) is 9.12. The summed E-state index contributed by atoms with van der Waals surface area (Å²) < 4.78 is 3.79. The van der Waals surface area contributed by atoms with Crippen LogP contribution in [0.25, 0.3) is 5.69 Å². The van der Waals surface area contributed by atoms with Gasteiger partial charge in [-0.05, 0) is 62.6 Å². The van der Waals surface area contributed by atoms with Crippen LogP contribution < -0.4 is 0 Å². The number of likely N-dealkylation sites (tertiary alicyclic amines) is 1. The largest absolute Gasteiger partial charge is 0.334 e. The molecular formula is C20H23N5O. The van der Waals surface area contributed by atoms with Gasteiger partial charge in [-0.1, -0.05) is 0 Å². The second-order valence-corrected chi connectivity index (χ2v) is 6.81. The minimum absolute atomic E-state index is 0.102. The van der Waals surface area contributed by atoms with Crippen molar-refractivity contribution >= 4 is 5.91 Å². The zero-order valence-electron chi connectivity index (χ0n) is 15.0. The monoisotopic (exact) mass is 349 g/mol. The molecule has 1 aromatic carbocycles. The molecule has 3 aromatic rings. The highest BCUT2D eigenvalue weighted by molar-refractivity contribution is 5.94. The van der Waals surface area contributed by atoms with Gasteiger partial charge in [-0.3, -0.25) is 9.48 Å². The normalized spacial score (nSPS) is 17.4. The van der Waals surface area contributed by atoms with Gasteiger partial charge >= 0.3 is 0 Å². The fraction of sp³-hybridized carbons (Fsp3) is 0.350. The van der Waals surface area contributed by atoms with Crippen molar-refractivity contribution in [3.05, 3.63) is 66.2 Å². The van der Waals surface area contributed by atoms with Gasteiger partial charge in [0.2, 0.25) is 0 Å². The molecule has 1 amide bonds. The summed E-state index contributed by atoms with van der Waals surface area (Å²) >= 11 is 0. The van der Waals surface area contributed by atoms with E-state index in [2.05, 4.69) is 10.2 Å². The van der Waals surface area contributed by atoms with Gasteiger partial charge in [0, 0.05) is 36.4 Å². The molecule has 4 rings (SSSR count). The molecular weight excluding hydrogens is 326 g/mol. The number of carbonyl (C=O) groups excluding carboxylic acids is 1. The predicted octanol–water partition coefficient (Wildman–Crippen LogP) is 3.07. The molecule has 1 fully saturated rings. The minimum Gasteiger partial charge on any atom is -0.334 e. The van der Waals surface area contributed by atoms with Crippen LogP contribution in [0, 0.1) is 6.92 Å². The van der Waals surface area contributed by atoms with Gasteiger partial charge in [-0.15, -0.1) is 0 Å². The van der Waals surface area contributed by atoms with E-state index in [1.807, 2.05) is 63.8 Å². The van der Waals surface area contributed by atoms with Crippen LogP contribution in [0.2, 0.25) is 0 Å². The van der Waals surface area contributed by atoms with Gasteiger partial charge < -0.3 is 4.90 Å². The number of rotatable bonds is 4. The lowest BCUT2D eigenvalue weighted by atomic mass is 10.0. The molecule has 0 saturated carbocycles. The van der Waals surface area contributed by atoms with Gasteiger partial charge in [0.25, 0.3) is 5.91 Å². The maximum absolute atomic E-state index is 13.1. The summed E-state index contributed by atoms with van der Waals surface area (Å²) in [5.41, 5.74) is 2.76. The number of carbonyl (C=O) groups is 1. The van der Waals surface area contributed by atoms with E-state index in [0.717, 1.165) is 49.3 Å². The molecule has 1 aliphatic heterocycles. The summed E-state index contributed by atoms with van der Waals surface area (Å²) in [6.45, 7) is 3.58. The first-order chi connectivity index (χ1) is 12.7. The number of hydrogen-bond acceptors (Lipinski definition) is 3. The van der Waals surface area contributed by atoms with Crippen molar-refractivity contribution in [2.45, 2.75) is 38.8 Å². The summed E-state index contributed by atoms with van der Waals surface area (Å²) in [5.74, 6) is 0.102. The predicted molar refractivity (Wildman–Crippen MR) is 99.2 cm³/mol. The topological polar surface area (TPSA) is 56.0 Å². The quantitative estimate of drug-likeness (QED) is 0.727. The summed E-state index contributed by atoms with van der Waals surface area (Å²) in [7, 11) is 0. The molecule has 1 aliphatic rings. The van der Waals surface area contributed by atoms with Gasteiger partial charge in [0.15, 0.2) is 0 Å². The Balaban J connectivity index is 1.52. The first kappa shape index (κ1) is 16.6. The second kappa shape index (κ2) is 7.15. The van der Waals surface area contributed by atoms with Crippen LogP contribution in [0.3, 0.4) is 0 Å². The van der Waals surface area contributed by atoms with Gasteiger partial charge in [0.05, 0.1) is 18.3 Å². The summed E-state index contributed by atoms with van der Waals surface area (Å²) in [6, 6.07) is 11.8. The van der Waals surface area contributed by atoms with Gasteiger partial charge in [0.1, 0.15) is 0 Å². The van der Waals surface area contributed by atoms with E-state index in [4.69, 9.17) is 0 Å². The van der Waals surface area contributed by atoms with E-state index in [1.54, 1.807) is 12.4 Å². The molecule has 0 radical (unpaired) electrons. The zero-order chi connectivity index (χ0) is 17.9. The van der Waals surface area contributed by atoms with Crippen LogP contribution in [0.1, 0.15) is 35.3 Å².